The van der Waals surface area contributed by atoms with E-state index in [1.165, 1.54) is 5.56 Å². The summed E-state index contributed by atoms with van der Waals surface area (Å²) in [6.45, 7) is 0.883. The van der Waals surface area contributed by atoms with Crippen LogP contribution in [-0.4, -0.2) is 23.3 Å². The van der Waals surface area contributed by atoms with Gasteiger partial charge < -0.3 is 9.92 Å². The van der Waals surface area contributed by atoms with E-state index < -0.39 is 6.10 Å². The molecule has 2 nitrogen and oxygen atoms in total. The molecule has 3 rings (SSSR count). The smallest absolute Gasteiger partial charge is 0.285 e. The molecule has 0 spiro atoms. The van der Waals surface area contributed by atoms with Crippen LogP contribution in [0, 0.1) is 0 Å². The van der Waals surface area contributed by atoms with E-state index in [4.69, 9.17) is 0 Å². The van der Waals surface area contributed by atoms with Crippen LogP contribution in [0.4, 0.5) is 0 Å². The highest BCUT2D eigenvalue weighted by Gasteiger charge is 2.22. The molecule has 2 aromatic rings. The van der Waals surface area contributed by atoms with Crippen molar-refractivity contribution in [3.63, 3.8) is 0 Å². The first-order valence-corrected chi connectivity index (χ1v) is 7.70. The average Bonchev–Trinajstić information content (AvgIpc) is 2.58. The molecule has 0 fully saturated rings. The van der Waals surface area contributed by atoms with Crippen LogP contribution in [-0.2, 0) is 6.32 Å². The highest BCUT2D eigenvalue weighted by atomic mass is 16.3. The van der Waals surface area contributed by atoms with Gasteiger partial charge in [0.05, 0.1) is 6.10 Å². The fraction of sp³-hybridized carbons (Fsp3) is 0.158. The monoisotopic (exact) mass is 289 g/mol. The third-order valence-corrected chi connectivity index (χ3v) is 4.00. The largest absolute Gasteiger partial charge is 0.414 e. The molecule has 2 aromatic carbocycles. The highest BCUT2D eigenvalue weighted by Crippen LogP contribution is 2.18. The SMILES string of the molecule is OC(CN1C=CC=CB1Cc1ccccc1)c1ccccc1. The molecule has 0 saturated heterocycles. The number of nitrogens with zero attached hydrogens (tertiary/aromatic N) is 1. The maximum Gasteiger partial charge on any atom is 0.285 e. The number of rotatable bonds is 5. The minimum atomic E-state index is -0.476. The molecular formula is C19H20BNO. The molecule has 0 aliphatic carbocycles. The summed E-state index contributed by atoms with van der Waals surface area (Å²) in [4.78, 5) is 2.21. The molecular weight excluding hydrogens is 269 g/mol. The van der Waals surface area contributed by atoms with Gasteiger partial charge in [-0.3, -0.25) is 0 Å². The van der Waals surface area contributed by atoms with Gasteiger partial charge in [0.2, 0.25) is 0 Å². The van der Waals surface area contributed by atoms with Gasteiger partial charge in [0, 0.05) is 6.54 Å². The molecule has 1 unspecified atom stereocenters. The lowest BCUT2D eigenvalue weighted by Crippen LogP contribution is -2.40. The van der Waals surface area contributed by atoms with Crippen LogP contribution in [0.3, 0.4) is 0 Å². The summed E-state index contributed by atoms with van der Waals surface area (Å²) in [5.74, 6) is 2.20. The third-order valence-electron chi connectivity index (χ3n) is 4.00. The highest BCUT2D eigenvalue weighted by molar-refractivity contribution is 6.61. The molecule has 0 saturated carbocycles. The van der Waals surface area contributed by atoms with Crippen molar-refractivity contribution in [3.05, 3.63) is 96.1 Å². The zero-order chi connectivity index (χ0) is 15.2. The summed E-state index contributed by atoms with van der Waals surface area (Å²) >= 11 is 0. The fourth-order valence-corrected chi connectivity index (χ4v) is 2.79. The molecule has 22 heavy (non-hydrogen) atoms. The minimum absolute atomic E-state index is 0.283. The Morgan fingerprint density at radius 2 is 1.59 bits per heavy atom. The van der Waals surface area contributed by atoms with Crippen molar-refractivity contribution in [1.82, 2.24) is 4.81 Å². The number of β-amino-alcohol motifs (C(OH)–C–C–N with tert-alkyl or cyclic N) is 1. The second-order valence-electron chi connectivity index (χ2n) is 5.61. The Hall–Kier alpha value is -2.26. The maximum absolute atomic E-state index is 10.5. The molecule has 1 heterocycles. The van der Waals surface area contributed by atoms with Crippen LogP contribution in [0.5, 0.6) is 0 Å². The summed E-state index contributed by atoms with van der Waals surface area (Å²) in [5.41, 5.74) is 2.27. The second-order valence-corrected chi connectivity index (χ2v) is 5.61. The van der Waals surface area contributed by atoms with Crippen molar-refractivity contribution in [1.29, 1.82) is 0 Å². The molecule has 1 atom stereocenters. The summed E-state index contributed by atoms with van der Waals surface area (Å²) < 4.78 is 0. The summed E-state index contributed by atoms with van der Waals surface area (Å²) in [5, 5.41) is 10.5. The number of aliphatic hydroxyl groups is 1. The molecule has 1 aliphatic rings. The zero-order valence-corrected chi connectivity index (χ0v) is 12.5. The molecule has 0 aromatic heterocycles. The van der Waals surface area contributed by atoms with Crippen molar-refractivity contribution >= 4 is 6.85 Å². The van der Waals surface area contributed by atoms with E-state index in [0.29, 0.717) is 6.54 Å². The molecule has 0 amide bonds. The van der Waals surface area contributed by atoms with Gasteiger partial charge in [0.25, 0.3) is 6.85 Å². The van der Waals surface area contributed by atoms with E-state index in [2.05, 4.69) is 47.3 Å². The fourth-order valence-electron chi connectivity index (χ4n) is 2.79. The lowest BCUT2D eigenvalue weighted by molar-refractivity contribution is 0.158. The van der Waals surface area contributed by atoms with Gasteiger partial charge in [0.15, 0.2) is 0 Å². The average molecular weight is 289 g/mol. The minimum Gasteiger partial charge on any atom is -0.414 e. The predicted octanol–water partition coefficient (Wildman–Crippen LogP) is 3.42. The summed E-state index contributed by atoms with van der Waals surface area (Å²) in [7, 11) is 0. The van der Waals surface area contributed by atoms with Gasteiger partial charge in [-0.15, -0.1) is 0 Å². The van der Waals surface area contributed by atoms with Crippen molar-refractivity contribution in [3.8, 4) is 0 Å². The van der Waals surface area contributed by atoms with Crippen LogP contribution >= 0.6 is 0 Å². The number of hydrogen-bond acceptors (Lipinski definition) is 2. The predicted molar refractivity (Wildman–Crippen MR) is 92.3 cm³/mol. The second kappa shape index (κ2) is 7.14. The number of aliphatic hydroxyl groups excluding tert-OH is 1. The first-order valence-electron chi connectivity index (χ1n) is 7.70. The first kappa shape index (κ1) is 14.7. The lowest BCUT2D eigenvalue weighted by Gasteiger charge is -2.30. The van der Waals surface area contributed by atoms with Crippen molar-refractivity contribution in [2.75, 3.05) is 6.54 Å². The van der Waals surface area contributed by atoms with Gasteiger partial charge in [-0.05, 0) is 24.2 Å². The van der Waals surface area contributed by atoms with Crippen molar-refractivity contribution in [2.24, 2.45) is 0 Å². The Morgan fingerprint density at radius 3 is 2.32 bits per heavy atom. The van der Waals surface area contributed by atoms with E-state index in [9.17, 15) is 5.11 Å². The Balaban J connectivity index is 1.68. The Kier molecular flexibility index (Phi) is 4.76. The van der Waals surface area contributed by atoms with Crippen LogP contribution in [0.2, 0.25) is 0 Å². The molecule has 0 radical (unpaired) electrons. The van der Waals surface area contributed by atoms with Crippen molar-refractivity contribution in [2.45, 2.75) is 12.4 Å². The molecule has 1 N–H and O–H groups in total. The Labute approximate surface area is 132 Å². The number of hydrogen-bond donors (Lipinski definition) is 1. The van der Waals surface area contributed by atoms with Gasteiger partial charge in [0.1, 0.15) is 0 Å². The number of benzene rings is 2. The standard InChI is InChI=1S/C19H20BNO/c22-19(18-11-5-2-6-12-18)16-21-14-8-7-13-20(21)15-17-9-3-1-4-10-17/h1-14,19,22H,15-16H2. The molecule has 110 valence electrons. The van der Waals surface area contributed by atoms with Crippen molar-refractivity contribution < 1.29 is 5.11 Å². The Bertz CT molecular complexity index is 639. The molecule has 0 bridgehead atoms. The van der Waals surface area contributed by atoms with Crippen LogP contribution < -0.4 is 0 Å². The van der Waals surface area contributed by atoms with Gasteiger partial charge in [-0.25, -0.2) is 0 Å². The van der Waals surface area contributed by atoms with E-state index in [1.807, 2.05) is 42.5 Å². The van der Waals surface area contributed by atoms with Gasteiger partial charge in [-0.1, -0.05) is 78.3 Å². The first-order chi connectivity index (χ1) is 10.8. The summed E-state index contributed by atoms with van der Waals surface area (Å²) in [6.07, 6.45) is 6.65. The molecule has 3 heteroatoms. The quantitative estimate of drug-likeness (QED) is 0.853. The van der Waals surface area contributed by atoms with Crippen LogP contribution in [0.1, 0.15) is 17.2 Å². The summed E-state index contributed by atoms with van der Waals surface area (Å²) in [6, 6.07) is 20.3. The molecule has 1 aliphatic heterocycles. The normalized spacial score (nSPS) is 15.1. The number of allylic oxidation sites excluding steroid dienone is 2. The van der Waals surface area contributed by atoms with E-state index in [-0.39, 0.29) is 6.85 Å². The Morgan fingerprint density at radius 1 is 0.909 bits per heavy atom. The lowest BCUT2D eigenvalue weighted by atomic mass is 9.54. The van der Waals surface area contributed by atoms with Crippen LogP contribution in [0.25, 0.3) is 0 Å². The maximum atomic E-state index is 10.5. The van der Waals surface area contributed by atoms with E-state index >= 15 is 0 Å². The van der Waals surface area contributed by atoms with Gasteiger partial charge in [-0.2, -0.15) is 0 Å². The van der Waals surface area contributed by atoms with E-state index in [0.717, 1.165) is 11.9 Å². The van der Waals surface area contributed by atoms with Gasteiger partial charge >= 0.3 is 0 Å². The topological polar surface area (TPSA) is 23.5 Å². The third kappa shape index (κ3) is 3.69. The van der Waals surface area contributed by atoms with E-state index in [1.54, 1.807) is 0 Å². The zero-order valence-electron chi connectivity index (χ0n) is 12.5. The van der Waals surface area contributed by atoms with Crippen LogP contribution in [0.15, 0.2) is 85.0 Å².